The maximum absolute atomic E-state index is 2.28. The van der Waals surface area contributed by atoms with Crippen molar-refractivity contribution < 1.29 is 0 Å². The van der Waals surface area contributed by atoms with Crippen molar-refractivity contribution in [2.75, 3.05) is 14.1 Å². The highest BCUT2D eigenvalue weighted by Gasteiger charge is 2.19. The van der Waals surface area contributed by atoms with Gasteiger partial charge in [0.05, 0.1) is 0 Å². The van der Waals surface area contributed by atoms with Crippen molar-refractivity contribution >= 4 is 17.2 Å². The zero-order valence-corrected chi connectivity index (χ0v) is 11.3. The Hall–Kier alpha value is -2.28. The van der Waals surface area contributed by atoms with E-state index in [9.17, 15) is 0 Å². The van der Waals surface area contributed by atoms with Crippen molar-refractivity contribution in [1.29, 1.82) is 0 Å². The molecular formula is C18H17N. The molecule has 0 aromatic heterocycles. The van der Waals surface area contributed by atoms with Crippen molar-refractivity contribution in [1.82, 2.24) is 4.90 Å². The van der Waals surface area contributed by atoms with E-state index in [0.717, 1.165) is 0 Å². The molecule has 1 aliphatic rings. The van der Waals surface area contributed by atoms with Crippen molar-refractivity contribution in [2.45, 2.75) is 0 Å². The number of allylic oxidation sites excluding steroid dienone is 2. The lowest BCUT2D eigenvalue weighted by Gasteiger charge is -2.12. The smallest absolute Gasteiger partial charge is 0.00712 e. The third-order valence-electron chi connectivity index (χ3n) is 3.31. The number of fused-ring (bicyclic) bond motifs is 1. The van der Waals surface area contributed by atoms with E-state index in [-0.39, 0.29) is 0 Å². The van der Waals surface area contributed by atoms with E-state index >= 15 is 0 Å². The van der Waals surface area contributed by atoms with Crippen LogP contribution in [0.5, 0.6) is 0 Å². The molecule has 0 saturated heterocycles. The Morgan fingerprint density at radius 1 is 0.842 bits per heavy atom. The van der Waals surface area contributed by atoms with Gasteiger partial charge in [0.1, 0.15) is 0 Å². The van der Waals surface area contributed by atoms with Gasteiger partial charge >= 0.3 is 0 Å². The van der Waals surface area contributed by atoms with E-state index in [1.165, 1.54) is 27.8 Å². The monoisotopic (exact) mass is 247 g/mol. The summed E-state index contributed by atoms with van der Waals surface area (Å²) < 4.78 is 0. The van der Waals surface area contributed by atoms with Gasteiger partial charge < -0.3 is 4.90 Å². The first-order valence-electron chi connectivity index (χ1n) is 6.51. The number of nitrogens with zero attached hydrogens (tertiary/aromatic N) is 1. The van der Waals surface area contributed by atoms with E-state index in [4.69, 9.17) is 0 Å². The lowest BCUT2D eigenvalue weighted by molar-refractivity contribution is 0.566. The molecule has 1 aliphatic carbocycles. The summed E-state index contributed by atoms with van der Waals surface area (Å²) in [6, 6.07) is 19.1. The highest BCUT2D eigenvalue weighted by Crippen LogP contribution is 2.40. The molecule has 0 atom stereocenters. The first-order chi connectivity index (χ1) is 9.25. The third-order valence-corrected chi connectivity index (χ3v) is 3.31. The lowest BCUT2D eigenvalue weighted by atomic mass is 9.98. The molecule has 0 N–H and O–H groups in total. The molecule has 0 unspecified atom stereocenters. The minimum atomic E-state index is 1.27. The van der Waals surface area contributed by atoms with E-state index < -0.39 is 0 Å². The SMILES string of the molecule is CN(C)/C=C1\C(c2ccccc2)=Cc2ccccc21. The van der Waals surface area contributed by atoms with Crippen molar-refractivity contribution in [3.8, 4) is 0 Å². The quantitative estimate of drug-likeness (QED) is 0.770. The van der Waals surface area contributed by atoms with Gasteiger partial charge in [0.15, 0.2) is 0 Å². The predicted octanol–water partition coefficient (Wildman–Crippen LogP) is 4.14. The Kier molecular flexibility index (Phi) is 2.96. The number of benzene rings is 2. The summed E-state index contributed by atoms with van der Waals surface area (Å²) >= 11 is 0. The standard InChI is InChI=1S/C18H17N/c1-19(2)13-18-16-11-7-6-10-15(16)12-17(18)14-8-4-3-5-9-14/h3-13H,1-2H3/b18-13-. The van der Waals surface area contributed by atoms with E-state index in [0.29, 0.717) is 0 Å². The maximum atomic E-state index is 2.28. The van der Waals surface area contributed by atoms with Crippen LogP contribution >= 0.6 is 0 Å². The van der Waals surface area contributed by atoms with Crippen LogP contribution in [0.15, 0.2) is 60.8 Å². The minimum absolute atomic E-state index is 1.27. The van der Waals surface area contributed by atoms with Crippen LogP contribution in [0.25, 0.3) is 17.2 Å². The molecule has 0 fully saturated rings. The second-order valence-electron chi connectivity index (χ2n) is 5.02. The fourth-order valence-electron chi connectivity index (χ4n) is 2.50. The maximum Gasteiger partial charge on any atom is 0.00712 e. The van der Waals surface area contributed by atoms with E-state index in [1.54, 1.807) is 0 Å². The molecule has 0 aliphatic heterocycles. The zero-order valence-electron chi connectivity index (χ0n) is 11.3. The summed E-state index contributed by atoms with van der Waals surface area (Å²) in [6.07, 6.45) is 4.48. The summed E-state index contributed by atoms with van der Waals surface area (Å²) in [6.45, 7) is 0. The topological polar surface area (TPSA) is 3.24 Å². The zero-order chi connectivity index (χ0) is 13.2. The molecule has 2 aromatic carbocycles. The van der Waals surface area contributed by atoms with E-state index in [1.807, 2.05) is 0 Å². The van der Waals surface area contributed by atoms with Crippen LogP contribution in [0.4, 0.5) is 0 Å². The second kappa shape index (κ2) is 4.77. The Morgan fingerprint density at radius 3 is 2.26 bits per heavy atom. The average molecular weight is 247 g/mol. The Morgan fingerprint density at radius 2 is 1.53 bits per heavy atom. The van der Waals surface area contributed by atoms with Gasteiger partial charge in [-0.2, -0.15) is 0 Å². The van der Waals surface area contributed by atoms with Crippen LogP contribution in [0.1, 0.15) is 16.7 Å². The number of rotatable bonds is 2. The Bertz CT molecular complexity index is 648. The first kappa shape index (κ1) is 11.8. The van der Waals surface area contributed by atoms with Crippen molar-refractivity contribution in [2.24, 2.45) is 0 Å². The summed E-state index contributed by atoms with van der Waals surface area (Å²) in [5.41, 5.74) is 6.48. The van der Waals surface area contributed by atoms with Crippen LogP contribution in [0.2, 0.25) is 0 Å². The van der Waals surface area contributed by atoms with Gasteiger partial charge in [-0.3, -0.25) is 0 Å². The molecule has 0 spiro atoms. The van der Waals surface area contributed by atoms with E-state index in [2.05, 4.69) is 85.9 Å². The molecule has 3 rings (SSSR count). The molecular weight excluding hydrogens is 230 g/mol. The van der Waals surface area contributed by atoms with Crippen LogP contribution in [-0.2, 0) is 0 Å². The second-order valence-corrected chi connectivity index (χ2v) is 5.02. The molecule has 0 amide bonds. The predicted molar refractivity (Wildman–Crippen MR) is 82.4 cm³/mol. The fraction of sp³-hybridized carbons (Fsp3) is 0.111. The van der Waals surface area contributed by atoms with Gasteiger partial charge in [0.2, 0.25) is 0 Å². The highest BCUT2D eigenvalue weighted by atomic mass is 15.0. The Labute approximate surface area is 114 Å². The highest BCUT2D eigenvalue weighted by molar-refractivity contribution is 6.17. The van der Waals surface area contributed by atoms with Crippen LogP contribution in [0, 0.1) is 0 Å². The molecule has 94 valence electrons. The van der Waals surface area contributed by atoms with Crippen LogP contribution in [0.3, 0.4) is 0 Å². The minimum Gasteiger partial charge on any atom is -0.383 e. The van der Waals surface area contributed by atoms with Gasteiger partial charge in [-0.15, -0.1) is 0 Å². The summed E-state index contributed by atoms with van der Waals surface area (Å²) in [5, 5.41) is 0. The molecule has 0 bridgehead atoms. The van der Waals surface area contributed by atoms with Gasteiger partial charge in [-0.1, -0.05) is 54.6 Å². The molecule has 0 radical (unpaired) electrons. The van der Waals surface area contributed by atoms with Crippen LogP contribution < -0.4 is 0 Å². The summed E-state index contributed by atoms with van der Waals surface area (Å²) in [5.74, 6) is 0. The summed E-state index contributed by atoms with van der Waals surface area (Å²) in [7, 11) is 4.13. The van der Waals surface area contributed by atoms with Gasteiger partial charge in [-0.25, -0.2) is 0 Å². The van der Waals surface area contributed by atoms with Crippen molar-refractivity contribution in [3.63, 3.8) is 0 Å². The Balaban J connectivity index is 2.16. The molecule has 2 aromatic rings. The fourth-order valence-corrected chi connectivity index (χ4v) is 2.50. The van der Waals surface area contributed by atoms with Crippen molar-refractivity contribution in [3.05, 3.63) is 77.5 Å². The molecule has 1 nitrogen and oxygen atoms in total. The largest absolute Gasteiger partial charge is 0.383 e. The summed E-state index contributed by atoms with van der Waals surface area (Å²) in [4.78, 5) is 2.11. The molecule has 0 saturated carbocycles. The number of hydrogen-bond acceptors (Lipinski definition) is 1. The van der Waals surface area contributed by atoms with Gasteiger partial charge in [-0.05, 0) is 28.3 Å². The molecule has 1 heteroatoms. The number of hydrogen-bond donors (Lipinski definition) is 0. The van der Waals surface area contributed by atoms with Gasteiger partial charge in [0.25, 0.3) is 0 Å². The molecule has 19 heavy (non-hydrogen) atoms. The third kappa shape index (κ3) is 2.19. The lowest BCUT2D eigenvalue weighted by Crippen LogP contribution is -2.02. The van der Waals surface area contributed by atoms with Gasteiger partial charge in [0, 0.05) is 25.9 Å². The van der Waals surface area contributed by atoms with Crippen LogP contribution in [-0.4, -0.2) is 19.0 Å². The average Bonchev–Trinajstić information content (AvgIpc) is 2.78. The normalized spacial score (nSPS) is 15.3. The molecule has 0 heterocycles. The first-order valence-corrected chi connectivity index (χ1v) is 6.51.